The number of primary sulfonamides is 1. The monoisotopic (exact) mass is 619 g/mol. The van der Waals surface area contributed by atoms with Crippen molar-refractivity contribution < 1.29 is 31.4 Å². The zero-order valence-corrected chi connectivity index (χ0v) is 24.6. The molecule has 2 heterocycles. The summed E-state index contributed by atoms with van der Waals surface area (Å²) in [6, 6.07) is 11.8. The number of halogens is 3. The quantitative estimate of drug-likeness (QED) is 0.280. The van der Waals surface area contributed by atoms with Gasteiger partial charge in [0.15, 0.2) is 0 Å². The maximum absolute atomic E-state index is 13.6. The van der Waals surface area contributed by atoms with Crippen LogP contribution in [0.1, 0.15) is 37.8 Å². The number of rotatable bonds is 8. The molecule has 1 atom stereocenters. The fourth-order valence-electron chi connectivity index (χ4n) is 6.04. The number of methoxy groups -OCH3 is 1. The van der Waals surface area contributed by atoms with E-state index in [4.69, 9.17) is 9.88 Å². The molecule has 1 saturated heterocycles. The number of hydrogen-bond acceptors (Lipinski definition) is 7. The van der Waals surface area contributed by atoms with Crippen LogP contribution in [-0.2, 0) is 16.6 Å². The Hall–Kier alpha value is -3.44. The van der Waals surface area contributed by atoms with Gasteiger partial charge in [-0.25, -0.2) is 13.6 Å². The Bertz CT molecular complexity index is 1620. The van der Waals surface area contributed by atoms with Gasteiger partial charge in [0.2, 0.25) is 10.0 Å². The number of β-amino-alcohol motifs (C(OH)–C–C–N with tert-alkyl or cyclic N) is 1. The molecule has 0 radical (unpaired) electrons. The van der Waals surface area contributed by atoms with Crippen molar-refractivity contribution in [1.82, 2.24) is 9.47 Å². The van der Waals surface area contributed by atoms with Gasteiger partial charge in [0.05, 0.1) is 41.6 Å². The number of likely N-dealkylation sites (tertiary alicyclic amines) is 1. The molecule has 232 valence electrons. The molecule has 0 unspecified atom stereocenters. The zero-order valence-electron chi connectivity index (χ0n) is 23.8. The first-order valence-electron chi connectivity index (χ1n) is 14.2. The highest BCUT2D eigenvalue weighted by molar-refractivity contribution is 7.89. The van der Waals surface area contributed by atoms with Crippen molar-refractivity contribution in [3.8, 4) is 17.6 Å². The van der Waals surface area contributed by atoms with Crippen LogP contribution < -0.4 is 20.5 Å². The van der Waals surface area contributed by atoms with E-state index in [0.29, 0.717) is 22.6 Å². The normalized spacial score (nSPS) is 21.4. The molecule has 1 aromatic heterocycles. The fraction of sp³-hybridized carbons (Fsp3) is 0.467. The van der Waals surface area contributed by atoms with Crippen LogP contribution in [0.3, 0.4) is 0 Å². The molecule has 2 fully saturated rings. The number of alkyl halides is 3. The van der Waals surface area contributed by atoms with Crippen LogP contribution in [0.5, 0.6) is 5.75 Å². The highest BCUT2D eigenvalue weighted by Crippen LogP contribution is 2.33. The average Bonchev–Trinajstić information content (AvgIpc) is 3.54. The van der Waals surface area contributed by atoms with Crippen LogP contribution in [0.25, 0.3) is 10.9 Å². The van der Waals surface area contributed by atoms with E-state index in [9.17, 15) is 26.7 Å². The van der Waals surface area contributed by atoms with E-state index in [1.165, 1.54) is 29.9 Å². The van der Waals surface area contributed by atoms with Crippen molar-refractivity contribution in [2.75, 3.05) is 37.4 Å². The maximum atomic E-state index is 13.6. The molecule has 5 rings (SSSR count). The van der Waals surface area contributed by atoms with E-state index < -0.39 is 22.7 Å². The van der Waals surface area contributed by atoms with Crippen LogP contribution >= 0.6 is 0 Å². The number of hydrogen-bond donors (Lipinski definition) is 4. The third kappa shape index (κ3) is 7.56. The summed E-state index contributed by atoms with van der Waals surface area (Å²) in [6.45, 7) is 0.550. The van der Waals surface area contributed by atoms with Crippen molar-refractivity contribution in [2.24, 2.45) is 5.14 Å². The second-order valence-electron chi connectivity index (χ2n) is 11.1. The maximum Gasteiger partial charge on any atom is 0.406 e. The Kier molecular flexibility index (Phi) is 9.12. The molecule has 0 bridgehead atoms. The van der Waals surface area contributed by atoms with Crippen molar-refractivity contribution in [1.29, 1.82) is 0 Å². The summed E-state index contributed by atoms with van der Waals surface area (Å²) >= 11 is 0. The number of nitrogens with two attached hydrogens (primary N) is 1. The Morgan fingerprint density at radius 1 is 1.09 bits per heavy atom. The van der Waals surface area contributed by atoms with Gasteiger partial charge < -0.3 is 25.0 Å². The van der Waals surface area contributed by atoms with Crippen LogP contribution in [-0.4, -0.2) is 74.1 Å². The second kappa shape index (κ2) is 12.7. The van der Waals surface area contributed by atoms with Crippen molar-refractivity contribution in [2.45, 2.75) is 67.9 Å². The van der Waals surface area contributed by atoms with Crippen LogP contribution in [0, 0.1) is 11.8 Å². The largest absolute Gasteiger partial charge is 0.495 e. The van der Waals surface area contributed by atoms with E-state index >= 15 is 0 Å². The average molecular weight is 620 g/mol. The molecule has 13 heteroatoms. The smallest absolute Gasteiger partial charge is 0.406 e. The predicted molar refractivity (Wildman–Crippen MR) is 160 cm³/mol. The molecule has 2 aromatic carbocycles. The van der Waals surface area contributed by atoms with Crippen molar-refractivity contribution >= 4 is 32.3 Å². The Morgan fingerprint density at radius 3 is 2.51 bits per heavy atom. The molecule has 43 heavy (non-hydrogen) atoms. The van der Waals surface area contributed by atoms with Gasteiger partial charge in [0, 0.05) is 42.3 Å². The van der Waals surface area contributed by atoms with E-state index in [-0.39, 0.29) is 35.0 Å². The number of aromatic nitrogens is 1. The third-order valence-corrected chi connectivity index (χ3v) is 9.05. The lowest BCUT2D eigenvalue weighted by atomic mass is 9.90. The summed E-state index contributed by atoms with van der Waals surface area (Å²) in [6.07, 6.45) is 0.0364. The van der Waals surface area contributed by atoms with Gasteiger partial charge in [-0.15, -0.1) is 0 Å². The molecule has 1 aliphatic carbocycles. The number of nitrogens with zero attached hydrogens (tertiary/aromatic N) is 2. The van der Waals surface area contributed by atoms with Crippen LogP contribution in [0.2, 0.25) is 0 Å². The third-order valence-electron chi connectivity index (χ3n) is 8.14. The van der Waals surface area contributed by atoms with Crippen molar-refractivity contribution in [3.05, 3.63) is 48.2 Å². The fourth-order valence-corrected chi connectivity index (χ4v) is 6.57. The number of ether oxygens (including phenoxy) is 1. The highest BCUT2D eigenvalue weighted by Gasteiger charge is 2.32. The standard InChI is InChI=1S/C30H36F3N5O4S/c1-42-29-17-24(43(34,40)41)11-12-27(29)35-14-3-4-22-16-25-26(5-2-6-28(25)38(22)19-30(31,32)33)36-20-7-9-21(10-8-20)37-15-13-23(39)18-37/h2,5-6,11-12,16-17,20-21,23,35-36,39H,7-10,13-15,18-19H2,1H3,(H2,34,40,41)/t20-,21+,23-/m0/s1. The minimum atomic E-state index is -4.44. The predicted octanol–water partition coefficient (Wildman–Crippen LogP) is 4.11. The lowest BCUT2D eigenvalue weighted by Gasteiger charge is -2.35. The molecule has 0 spiro atoms. The molecule has 5 N–H and O–H groups in total. The first kappa shape index (κ1) is 31.0. The number of nitrogens with one attached hydrogen (secondary N) is 2. The molecule has 9 nitrogen and oxygen atoms in total. The summed E-state index contributed by atoms with van der Waals surface area (Å²) in [7, 11) is -2.53. The van der Waals surface area contributed by atoms with Gasteiger partial charge in [-0.2, -0.15) is 13.2 Å². The molecular formula is C30H36F3N5O4S. The second-order valence-corrected chi connectivity index (χ2v) is 12.7. The molecule has 3 aromatic rings. The Morgan fingerprint density at radius 2 is 1.86 bits per heavy atom. The Labute approximate surface area is 249 Å². The van der Waals surface area contributed by atoms with E-state index in [1.54, 1.807) is 18.2 Å². The number of anilines is 2. The van der Waals surface area contributed by atoms with Gasteiger partial charge in [0.25, 0.3) is 0 Å². The minimum absolute atomic E-state index is 0.0705. The number of benzene rings is 2. The highest BCUT2D eigenvalue weighted by atomic mass is 32.2. The topological polar surface area (TPSA) is 122 Å². The Balaban J connectivity index is 1.33. The van der Waals surface area contributed by atoms with Gasteiger partial charge in [-0.05, 0) is 68.4 Å². The lowest BCUT2D eigenvalue weighted by Crippen LogP contribution is -2.39. The molecule has 1 saturated carbocycles. The number of aliphatic hydroxyl groups is 1. The SMILES string of the molecule is COc1cc(S(N)(=O)=O)ccc1NCC#Cc1cc2c(N[C@H]3CC[C@@H](N4CC[C@H](O)C4)CC3)cccc2n1CC(F)(F)F. The van der Waals surface area contributed by atoms with Gasteiger partial charge in [-0.1, -0.05) is 12.0 Å². The van der Waals surface area contributed by atoms with Gasteiger partial charge in [0.1, 0.15) is 12.3 Å². The number of sulfonamides is 1. The van der Waals surface area contributed by atoms with E-state index in [2.05, 4.69) is 27.4 Å². The van der Waals surface area contributed by atoms with Gasteiger partial charge in [-0.3, -0.25) is 4.90 Å². The summed E-state index contributed by atoms with van der Waals surface area (Å²) in [4.78, 5) is 2.26. The summed E-state index contributed by atoms with van der Waals surface area (Å²) < 4.78 is 70.5. The number of fused-ring (bicyclic) bond motifs is 1. The number of aliphatic hydroxyl groups excluding tert-OH is 1. The summed E-state index contributed by atoms with van der Waals surface area (Å²) in [5.41, 5.74) is 1.91. The van der Waals surface area contributed by atoms with Gasteiger partial charge >= 0.3 is 6.18 Å². The first-order chi connectivity index (χ1) is 20.4. The first-order valence-corrected chi connectivity index (χ1v) is 15.8. The lowest BCUT2D eigenvalue weighted by molar-refractivity contribution is -0.140. The van der Waals surface area contributed by atoms with Crippen molar-refractivity contribution in [3.63, 3.8) is 0 Å². The minimum Gasteiger partial charge on any atom is -0.495 e. The summed E-state index contributed by atoms with van der Waals surface area (Å²) in [5.74, 6) is 6.00. The zero-order chi connectivity index (χ0) is 30.8. The molecular weight excluding hydrogens is 583 g/mol. The summed E-state index contributed by atoms with van der Waals surface area (Å²) in [5, 5.41) is 22.3. The van der Waals surface area contributed by atoms with E-state index in [0.717, 1.165) is 50.9 Å². The van der Waals surface area contributed by atoms with Crippen LogP contribution in [0.15, 0.2) is 47.4 Å². The van der Waals surface area contributed by atoms with Crippen LogP contribution in [0.4, 0.5) is 24.5 Å². The molecule has 1 aliphatic heterocycles. The molecule has 2 aliphatic rings. The molecule has 0 amide bonds. The van der Waals surface area contributed by atoms with E-state index in [1.807, 2.05) is 6.07 Å².